The minimum absolute atomic E-state index is 0.0244. The first-order chi connectivity index (χ1) is 10.2. The van der Waals surface area contributed by atoms with Crippen molar-refractivity contribution in [2.24, 2.45) is 5.92 Å². The molecule has 1 heterocycles. The fourth-order valence-electron chi connectivity index (χ4n) is 2.69. The molecular weight excluding hydrogens is 290 g/mol. The Morgan fingerprint density at radius 2 is 1.27 bits per heavy atom. The van der Waals surface area contributed by atoms with Gasteiger partial charge in [0.05, 0.1) is 0 Å². The third kappa shape index (κ3) is 2.79. The van der Waals surface area contributed by atoms with Gasteiger partial charge in [0.25, 0.3) is 0 Å². The molecule has 0 aromatic carbocycles. The number of hydrogen-bond donors (Lipinski definition) is 2. The summed E-state index contributed by atoms with van der Waals surface area (Å²) < 4.78 is 0. The second-order valence-corrected chi connectivity index (χ2v) is 4.94. The first-order valence-electron chi connectivity index (χ1n) is 6.92. The molecule has 7 nitrogen and oxygen atoms in total. The number of allylic oxidation sites excluding steroid dienone is 2. The molecule has 0 bridgehead atoms. The van der Waals surface area contributed by atoms with Crippen LogP contribution in [0.25, 0.3) is 0 Å². The van der Waals surface area contributed by atoms with E-state index >= 15 is 0 Å². The lowest BCUT2D eigenvalue weighted by atomic mass is 9.80. The number of Topliss-reactive ketones (excluding diaryl/α,β-unsaturated/α-hetero) is 2. The van der Waals surface area contributed by atoms with Crippen LogP contribution in [0.1, 0.15) is 40.5 Å². The van der Waals surface area contributed by atoms with Crippen LogP contribution in [0.2, 0.25) is 0 Å². The van der Waals surface area contributed by atoms with E-state index in [1.165, 1.54) is 13.8 Å². The SMILES string of the molecule is CCC(=O)C1=C(C)N(C(=O)O)C(C)=C(C(=O)CC)C1C(=O)O. The van der Waals surface area contributed by atoms with E-state index in [2.05, 4.69) is 0 Å². The van der Waals surface area contributed by atoms with Gasteiger partial charge in [-0.1, -0.05) is 13.8 Å². The Bertz CT molecular complexity index is 574. The molecule has 1 amide bonds. The summed E-state index contributed by atoms with van der Waals surface area (Å²) in [5.41, 5.74) is -0.201. The van der Waals surface area contributed by atoms with Crippen molar-refractivity contribution in [3.63, 3.8) is 0 Å². The lowest BCUT2D eigenvalue weighted by molar-refractivity contribution is -0.141. The maximum atomic E-state index is 12.1. The van der Waals surface area contributed by atoms with Gasteiger partial charge >= 0.3 is 12.1 Å². The third-order valence-corrected chi connectivity index (χ3v) is 3.71. The standard InChI is InChI=1S/C15H19NO6/c1-5-9(17)11-7(3)16(15(21)22)8(4)12(10(18)6-2)13(11)14(19)20/h13H,5-6H2,1-4H3,(H,19,20)(H,21,22). The highest BCUT2D eigenvalue weighted by Gasteiger charge is 2.42. The monoisotopic (exact) mass is 309 g/mol. The van der Waals surface area contributed by atoms with Crippen LogP contribution >= 0.6 is 0 Å². The number of rotatable bonds is 5. The van der Waals surface area contributed by atoms with Gasteiger partial charge in [0.15, 0.2) is 11.6 Å². The van der Waals surface area contributed by atoms with E-state index in [9.17, 15) is 29.4 Å². The molecule has 0 fully saturated rings. The number of carboxylic acids is 1. The lowest BCUT2D eigenvalue weighted by Gasteiger charge is -2.33. The van der Waals surface area contributed by atoms with E-state index in [-0.39, 0.29) is 35.4 Å². The summed E-state index contributed by atoms with van der Waals surface area (Å²) in [5, 5.41) is 18.8. The van der Waals surface area contributed by atoms with Crippen molar-refractivity contribution < 1.29 is 29.4 Å². The summed E-state index contributed by atoms with van der Waals surface area (Å²) in [5.74, 6) is -3.72. The fraction of sp³-hybridized carbons (Fsp3) is 0.467. The number of aliphatic carboxylic acids is 1. The summed E-state index contributed by atoms with van der Waals surface area (Å²) in [6.07, 6.45) is -1.31. The summed E-state index contributed by atoms with van der Waals surface area (Å²) in [6.45, 7) is 5.87. The van der Waals surface area contributed by atoms with Gasteiger partial charge in [0, 0.05) is 35.4 Å². The van der Waals surface area contributed by atoms with E-state index in [4.69, 9.17) is 0 Å². The van der Waals surface area contributed by atoms with E-state index < -0.39 is 29.5 Å². The van der Waals surface area contributed by atoms with Crippen molar-refractivity contribution in [1.29, 1.82) is 0 Å². The van der Waals surface area contributed by atoms with Crippen molar-refractivity contribution in [2.45, 2.75) is 40.5 Å². The van der Waals surface area contributed by atoms with Crippen LogP contribution in [0.5, 0.6) is 0 Å². The van der Waals surface area contributed by atoms with Crippen molar-refractivity contribution in [2.75, 3.05) is 0 Å². The van der Waals surface area contributed by atoms with Crippen LogP contribution in [0, 0.1) is 5.92 Å². The predicted octanol–water partition coefficient (Wildman–Crippen LogP) is 2.19. The third-order valence-electron chi connectivity index (χ3n) is 3.71. The fourth-order valence-corrected chi connectivity index (χ4v) is 2.69. The van der Waals surface area contributed by atoms with Gasteiger partial charge in [-0.15, -0.1) is 0 Å². The predicted molar refractivity (Wildman–Crippen MR) is 77.0 cm³/mol. The molecule has 0 aliphatic carbocycles. The molecule has 0 atom stereocenters. The highest BCUT2D eigenvalue weighted by molar-refractivity contribution is 6.10. The summed E-state index contributed by atoms with van der Waals surface area (Å²) >= 11 is 0. The lowest BCUT2D eigenvalue weighted by Crippen LogP contribution is -2.40. The van der Waals surface area contributed by atoms with Crippen LogP contribution in [0.3, 0.4) is 0 Å². The molecule has 1 aliphatic rings. The zero-order chi connectivity index (χ0) is 17.2. The molecule has 120 valence electrons. The average molecular weight is 309 g/mol. The smallest absolute Gasteiger partial charge is 0.415 e. The van der Waals surface area contributed by atoms with Gasteiger partial charge in [0.2, 0.25) is 0 Å². The summed E-state index contributed by atoms with van der Waals surface area (Å²) in [7, 11) is 0. The Hall–Kier alpha value is -2.44. The number of nitrogens with zero attached hydrogens (tertiary/aromatic N) is 1. The summed E-state index contributed by atoms with van der Waals surface area (Å²) in [6, 6.07) is 0. The minimum atomic E-state index is -1.42. The van der Waals surface area contributed by atoms with Crippen LogP contribution < -0.4 is 0 Å². The van der Waals surface area contributed by atoms with Crippen molar-refractivity contribution >= 4 is 23.6 Å². The first kappa shape index (κ1) is 17.6. The van der Waals surface area contributed by atoms with Gasteiger partial charge in [-0.2, -0.15) is 0 Å². The maximum Gasteiger partial charge on any atom is 0.415 e. The van der Waals surface area contributed by atoms with Gasteiger partial charge in [-0.25, -0.2) is 4.79 Å². The second kappa shape index (κ2) is 6.55. The van der Waals surface area contributed by atoms with Crippen LogP contribution in [0.4, 0.5) is 4.79 Å². The normalized spacial score (nSPS) is 16.1. The molecule has 22 heavy (non-hydrogen) atoms. The van der Waals surface area contributed by atoms with E-state index in [1.54, 1.807) is 13.8 Å². The molecule has 0 aromatic rings. The van der Waals surface area contributed by atoms with E-state index in [1.807, 2.05) is 0 Å². The molecule has 0 aromatic heterocycles. The average Bonchev–Trinajstić information content (AvgIpc) is 2.44. The highest BCUT2D eigenvalue weighted by atomic mass is 16.4. The molecule has 1 aliphatic heterocycles. The molecular formula is C15H19NO6. The Morgan fingerprint density at radius 3 is 1.50 bits per heavy atom. The Balaban J connectivity index is 3.73. The van der Waals surface area contributed by atoms with Crippen molar-refractivity contribution in [3.05, 3.63) is 22.5 Å². The van der Waals surface area contributed by atoms with Crippen molar-refractivity contribution in [1.82, 2.24) is 4.90 Å². The number of carboxylic acid groups (broad SMARTS) is 2. The highest BCUT2D eigenvalue weighted by Crippen LogP contribution is 2.37. The van der Waals surface area contributed by atoms with Gasteiger partial charge in [-0.05, 0) is 13.8 Å². The molecule has 1 rings (SSSR count). The van der Waals surface area contributed by atoms with E-state index in [0.717, 1.165) is 4.90 Å². The topological polar surface area (TPSA) is 112 Å². The Morgan fingerprint density at radius 1 is 0.909 bits per heavy atom. The Labute approximate surface area is 127 Å². The minimum Gasteiger partial charge on any atom is -0.481 e. The largest absolute Gasteiger partial charge is 0.481 e. The van der Waals surface area contributed by atoms with Gasteiger partial charge < -0.3 is 10.2 Å². The quantitative estimate of drug-likeness (QED) is 0.805. The summed E-state index contributed by atoms with van der Waals surface area (Å²) in [4.78, 5) is 48.2. The number of amides is 1. The number of ketones is 2. The first-order valence-corrected chi connectivity index (χ1v) is 6.92. The molecule has 0 saturated carbocycles. The van der Waals surface area contributed by atoms with E-state index in [0.29, 0.717) is 0 Å². The molecule has 0 saturated heterocycles. The number of carbonyl (C=O) groups excluding carboxylic acids is 2. The maximum absolute atomic E-state index is 12.1. The number of carbonyl (C=O) groups is 4. The molecule has 2 N–H and O–H groups in total. The molecule has 7 heteroatoms. The van der Waals surface area contributed by atoms with Crippen LogP contribution in [0.15, 0.2) is 22.5 Å². The molecule has 0 unspecified atom stereocenters. The van der Waals surface area contributed by atoms with Crippen LogP contribution in [-0.4, -0.2) is 38.7 Å². The Kier molecular flexibility index (Phi) is 5.24. The van der Waals surface area contributed by atoms with Crippen LogP contribution in [-0.2, 0) is 14.4 Å². The van der Waals surface area contributed by atoms with Gasteiger partial charge in [-0.3, -0.25) is 19.3 Å². The van der Waals surface area contributed by atoms with Gasteiger partial charge in [0.1, 0.15) is 5.92 Å². The van der Waals surface area contributed by atoms with Crippen molar-refractivity contribution in [3.8, 4) is 0 Å². The zero-order valence-corrected chi connectivity index (χ0v) is 13.0. The second-order valence-electron chi connectivity index (χ2n) is 4.94. The molecule has 0 spiro atoms. The zero-order valence-electron chi connectivity index (χ0n) is 13.0. The molecule has 0 radical (unpaired) electrons. The number of hydrogen-bond acceptors (Lipinski definition) is 4.